The highest BCUT2D eigenvalue weighted by atomic mass is 16.1. The zero-order chi connectivity index (χ0) is 10.7. The lowest BCUT2D eigenvalue weighted by atomic mass is 10.2. The van der Waals surface area contributed by atoms with Crippen molar-refractivity contribution in [1.29, 1.82) is 0 Å². The van der Waals surface area contributed by atoms with E-state index >= 15 is 0 Å². The van der Waals surface area contributed by atoms with Gasteiger partial charge in [-0.2, -0.15) is 0 Å². The second-order valence-electron chi connectivity index (χ2n) is 3.72. The molecule has 0 bridgehead atoms. The van der Waals surface area contributed by atoms with E-state index in [0.29, 0.717) is 18.0 Å². The van der Waals surface area contributed by atoms with Crippen LogP contribution in [-0.2, 0) is 0 Å². The van der Waals surface area contributed by atoms with Crippen molar-refractivity contribution in [2.75, 3.05) is 24.5 Å². The van der Waals surface area contributed by atoms with E-state index in [1.54, 1.807) is 6.20 Å². The molecule has 5 heteroatoms. The van der Waals surface area contributed by atoms with Crippen molar-refractivity contribution in [1.82, 2.24) is 15.3 Å². The third-order valence-corrected chi connectivity index (χ3v) is 2.47. The molecule has 2 heterocycles. The summed E-state index contributed by atoms with van der Waals surface area (Å²) in [6, 6.07) is 0.464. The Kier molecular flexibility index (Phi) is 2.91. The number of rotatable bonds is 2. The van der Waals surface area contributed by atoms with Crippen LogP contribution in [0.5, 0.6) is 0 Å². The maximum Gasteiger partial charge on any atom is 0.170 e. The summed E-state index contributed by atoms with van der Waals surface area (Å²) in [6.07, 6.45) is 3.87. The molecule has 0 spiro atoms. The molecular weight excluding hydrogens is 192 g/mol. The van der Waals surface area contributed by atoms with E-state index in [-0.39, 0.29) is 0 Å². The van der Waals surface area contributed by atoms with Crippen LogP contribution < -0.4 is 10.2 Å². The summed E-state index contributed by atoms with van der Waals surface area (Å²) in [5.74, 6) is 0.842. The van der Waals surface area contributed by atoms with Gasteiger partial charge in [-0.3, -0.25) is 4.79 Å². The van der Waals surface area contributed by atoms with Gasteiger partial charge in [0.2, 0.25) is 0 Å². The smallest absolute Gasteiger partial charge is 0.170 e. The fourth-order valence-electron chi connectivity index (χ4n) is 1.70. The van der Waals surface area contributed by atoms with Gasteiger partial charge in [0.25, 0.3) is 0 Å². The van der Waals surface area contributed by atoms with Crippen molar-refractivity contribution >= 4 is 12.1 Å². The van der Waals surface area contributed by atoms with Gasteiger partial charge >= 0.3 is 0 Å². The number of aromatic nitrogens is 2. The van der Waals surface area contributed by atoms with E-state index in [0.717, 1.165) is 25.5 Å². The zero-order valence-electron chi connectivity index (χ0n) is 8.68. The number of nitrogens with zero attached hydrogens (tertiary/aromatic N) is 3. The summed E-state index contributed by atoms with van der Waals surface area (Å²) < 4.78 is 0. The number of hydrogen-bond donors (Lipinski definition) is 1. The molecule has 5 nitrogen and oxygen atoms in total. The first-order valence-electron chi connectivity index (χ1n) is 5.05. The number of nitrogens with one attached hydrogen (secondary N) is 1. The van der Waals surface area contributed by atoms with Gasteiger partial charge in [0.1, 0.15) is 11.5 Å². The van der Waals surface area contributed by atoms with Crippen LogP contribution in [-0.4, -0.2) is 41.9 Å². The van der Waals surface area contributed by atoms with E-state index in [9.17, 15) is 4.79 Å². The van der Waals surface area contributed by atoms with Crippen LogP contribution in [0.3, 0.4) is 0 Å². The second-order valence-corrected chi connectivity index (χ2v) is 3.72. The average molecular weight is 206 g/mol. The van der Waals surface area contributed by atoms with E-state index in [1.807, 2.05) is 0 Å². The molecule has 1 saturated heterocycles. The number of carbonyl (C=O) groups excluding carboxylic acids is 1. The maximum atomic E-state index is 10.4. The molecule has 1 aromatic rings. The van der Waals surface area contributed by atoms with Gasteiger partial charge in [-0.25, -0.2) is 9.97 Å². The van der Waals surface area contributed by atoms with Crippen LogP contribution in [0.15, 0.2) is 12.4 Å². The van der Waals surface area contributed by atoms with Gasteiger partial charge in [0.15, 0.2) is 6.29 Å². The molecule has 1 fully saturated rings. The molecule has 0 aromatic carbocycles. The van der Waals surface area contributed by atoms with Crippen LogP contribution >= 0.6 is 0 Å². The quantitative estimate of drug-likeness (QED) is 0.695. The lowest BCUT2D eigenvalue weighted by Crippen LogP contribution is -2.49. The molecule has 15 heavy (non-hydrogen) atoms. The summed E-state index contributed by atoms with van der Waals surface area (Å²) >= 11 is 0. The topological polar surface area (TPSA) is 58.1 Å². The Morgan fingerprint density at radius 1 is 1.53 bits per heavy atom. The Morgan fingerprint density at radius 2 is 2.40 bits per heavy atom. The summed E-state index contributed by atoms with van der Waals surface area (Å²) in [5, 5.41) is 3.36. The highest BCUT2D eigenvalue weighted by Crippen LogP contribution is 2.10. The van der Waals surface area contributed by atoms with Crippen LogP contribution in [0.2, 0.25) is 0 Å². The third-order valence-electron chi connectivity index (χ3n) is 2.47. The monoisotopic (exact) mass is 206 g/mol. The number of carbonyl (C=O) groups is 1. The highest BCUT2D eigenvalue weighted by Gasteiger charge is 2.16. The molecule has 1 aliphatic heterocycles. The third kappa shape index (κ3) is 2.30. The zero-order valence-corrected chi connectivity index (χ0v) is 8.68. The first-order valence-corrected chi connectivity index (χ1v) is 5.05. The first kappa shape index (κ1) is 10.0. The molecule has 0 saturated carbocycles. The Labute approximate surface area is 88.5 Å². The predicted octanol–water partition coefficient (Wildman–Crippen LogP) is 0.0872. The Hall–Kier alpha value is -1.49. The Bertz CT molecular complexity index is 338. The Morgan fingerprint density at radius 3 is 3.00 bits per heavy atom. The van der Waals surface area contributed by atoms with E-state index in [2.05, 4.69) is 27.1 Å². The molecule has 2 rings (SSSR count). The van der Waals surface area contributed by atoms with Crippen molar-refractivity contribution in [3.63, 3.8) is 0 Å². The lowest BCUT2D eigenvalue weighted by molar-refractivity contribution is 0.111. The average Bonchev–Trinajstić information content (AvgIpc) is 2.29. The Balaban J connectivity index is 2.11. The molecule has 0 radical (unpaired) electrons. The van der Waals surface area contributed by atoms with Gasteiger partial charge in [-0.15, -0.1) is 0 Å². The van der Waals surface area contributed by atoms with E-state index < -0.39 is 0 Å². The number of piperazine rings is 1. The van der Waals surface area contributed by atoms with Crippen molar-refractivity contribution in [2.24, 2.45) is 0 Å². The summed E-state index contributed by atoms with van der Waals surface area (Å²) in [6.45, 7) is 4.95. The summed E-state index contributed by atoms with van der Waals surface area (Å²) in [7, 11) is 0. The predicted molar refractivity (Wildman–Crippen MR) is 57.1 cm³/mol. The summed E-state index contributed by atoms with van der Waals surface area (Å²) in [5.41, 5.74) is 0.377. The number of hydrogen-bond acceptors (Lipinski definition) is 5. The van der Waals surface area contributed by atoms with Crippen molar-refractivity contribution in [3.05, 3.63) is 18.1 Å². The van der Waals surface area contributed by atoms with Crippen molar-refractivity contribution < 1.29 is 4.79 Å². The van der Waals surface area contributed by atoms with Crippen LogP contribution in [0.4, 0.5) is 5.82 Å². The van der Waals surface area contributed by atoms with Crippen molar-refractivity contribution in [2.45, 2.75) is 13.0 Å². The van der Waals surface area contributed by atoms with Crippen molar-refractivity contribution in [3.8, 4) is 0 Å². The summed E-state index contributed by atoms with van der Waals surface area (Å²) in [4.78, 5) is 20.8. The molecule has 0 amide bonds. The second kappa shape index (κ2) is 4.35. The molecule has 1 aromatic heterocycles. The number of anilines is 1. The first-order chi connectivity index (χ1) is 7.29. The minimum atomic E-state index is 0.377. The van der Waals surface area contributed by atoms with Gasteiger partial charge in [0, 0.05) is 25.7 Å². The van der Waals surface area contributed by atoms with Gasteiger partial charge in [0.05, 0.1) is 12.4 Å². The SMILES string of the molecule is C[C@@H]1CN(c2cnc(C=O)cn2)CCN1. The maximum absolute atomic E-state index is 10.4. The fraction of sp³-hybridized carbons (Fsp3) is 0.500. The molecule has 0 unspecified atom stereocenters. The molecular formula is C10H14N4O. The molecule has 1 N–H and O–H groups in total. The molecule has 1 atom stereocenters. The minimum Gasteiger partial charge on any atom is -0.353 e. The minimum absolute atomic E-state index is 0.377. The number of aldehydes is 1. The van der Waals surface area contributed by atoms with Crippen LogP contribution in [0.25, 0.3) is 0 Å². The largest absolute Gasteiger partial charge is 0.353 e. The lowest BCUT2D eigenvalue weighted by Gasteiger charge is -2.32. The molecule has 0 aliphatic carbocycles. The highest BCUT2D eigenvalue weighted by molar-refractivity contribution is 5.71. The molecule has 1 aliphatic rings. The van der Waals surface area contributed by atoms with Gasteiger partial charge in [-0.05, 0) is 6.92 Å². The van der Waals surface area contributed by atoms with E-state index in [4.69, 9.17) is 0 Å². The van der Waals surface area contributed by atoms with Crippen LogP contribution in [0, 0.1) is 0 Å². The standard InChI is InChI=1S/C10H14N4O/c1-8-6-14(3-2-11-8)10-5-12-9(7-15)4-13-10/h4-5,7-8,11H,2-3,6H2,1H3/t8-/m1/s1. The van der Waals surface area contributed by atoms with Gasteiger partial charge in [-0.1, -0.05) is 0 Å². The molecule has 80 valence electrons. The van der Waals surface area contributed by atoms with Crippen LogP contribution in [0.1, 0.15) is 17.4 Å². The van der Waals surface area contributed by atoms with E-state index in [1.165, 1.54) is 6.20 Å². The fourth-order valence-corrected chi connectivity index (χ4v) is 1.70. The normalized spacial score (nSPS) is 21.4. The van der Waals surface area contributed by atoms with Gasteiger partial charge < -0.3 is 10.2 Å².